The number of nitrogens with zero attached hydrogens (tertiary/aromatic N) is 1. The summed E-state index contributed by atoms with van der Waals surface area (Å²) in [5.74, 6) is 0. The van der Waals surface area contributed by atoms with Gasteiger partial charge in [0, 0.05) is 0 Å². The molecule has 1 aliphatic carbocycles. The first-order valence-electron chi connectivity index (χ1n) is 3.96. The maximum atomic E-state index is 5.52. The highest BCUT2D eigenvalue weighted by Crippen LogP contribution is 2.21. The van der Waals surface area contributed by atoms with Gasteiger partial charge in [-0.25, -0.2) is 0 Å². The average Bonchev–Trinajstić information content (AvgIpc) is 2.05. The Balaban J connectivity index is 2.08. The topological polar surface area (TPSA) is 23.3 Å². The summed E-state index contributed by atoms with van der Waals surface area (Å²) >= 11 is 0. The molecule has 55 valence electrons. The van der Waals surface area contributed by atoms with Crippen LogP contribution in [0.4, 0.5) is 0 Å². The van der Waals surface area contributed by atoms with Crippen molar-refractivity contribution in [1.82, 2.24) is 5.32 Å². The van der Waals surface area contributed by atoms with Crippen LogP contribution in [-0.2, 0) is 4.74 Å². The van der Waals surface area contributed by atoms with Crippen LogP contribution in [0.15, 0.2) is 11.8 Å². The van der Waals surface area contributed by atoms with Crippen LogP contribution in [0.3, 0.4) is 0 Å². The molecule has 2 heteroatoms. The average molecular weight is 138 g/mol. The van der Waals surface area contributed by atoms with Crippen molar-refractivity contribution in [3.63, 3.8) is 0 Å². The van der Waals surface area contributed by atoms with Gasteiger partial charge in [0.1, 0.15) is 0 Å². The lowest BCUT2D eigenvalue weighted by Crippen LogP contribution is -2.33. The molecule has 0 spiro atoms. The number of hydrogen-bond acceptors (Lipinski definition) is 1. The van der Waals surface area contributed by atoms with Gasteiger partial charge in [-0.15, -0.1) is 0 Å². The fourth-order valence-electron chi connectivity index (χ4n) is 1.54. The van der Waals surface area contributed by atoms with Gasteiger partial charge in [0.15, 0.2) is 0 Å². The minimum Gasteiger partial charge on any atom is -0.370 e. The molecule has 0 aromatic rings. The Hall–Kier alpha value is -0.500. The summed E-state index contributed by atoms with van der Waals surface area (Å²) in [5, 5.41) is 4.39. The van der Waals surface area contributed by atoms with Crippen molar-refractivity contribution in [2.24, 2.45) is 0 Å². The van der Waals surface area contributed by atoms with Gasteiger partial charge in [-0.2, -0.15) is 0 Å². The maximum Gasteiger partial charge on any atom is 0.0987 e. The number of hydrogen-bond donors (Lipinski definition) is 0. The number of allylic oxidation sites excluding steroid dienone is 1. The minimum absolute atomic E-state index is 0.350. The van der Waals surface area contributed by atoms with Crippen LogP contribution >= 0.6 is 0 Å². The van der Waals surface area contributed by atoms with E-state index < -0.39 is 0 Å². The van der Waals surface area contributed by atoms with E-state index in [1.165, 1.54) is 25.0 Å². The molecular weight excluding hydrogens is 126 g/mol. The third-order valence-corrected chi connectivity index (χ3v) is 2.06. The molecule has 2 aliphatic rings. The quantitative estimate of drug-likeness (QED) is 0.491. The first-order chi connectivity index (χ1) is 4.97. The van der Waals surface area contributed by atoms with E-state index in [0.29, 0.717) is 6.10 Å². The zero-order valence-corrected chi connectivity index (χ0v) is 6.05. The lowest BCUT2D eigenvalue weighted by molar-refractivity contribution is 0.0422. The molecule has 0 aromatic heterocycles. The second-order valence-corrected chi connectivity index (χ2v) is 2.80. The van der Waals surface area contributed by atoms with E-state index in [0.717, 1.165) is 13.2 Å². The predicted molar refractivity (Wildman–Crippen MR) is 38.7 cm³/mol. The van der Waals surface area contributed by atoms with E-state index in [2.05, 4.69) is 11.4 Å². The van der Waals surface area contributed by atoms with Crippen LogP contribution in [0.2, 0.25) is 0 Å². The monoisotopic (exact) mass is 138 g/mol. The standard InChI is InChI=1S/C8H12NO/c1-2-4-8-7(3-1)9-5-6-10-8/h3,8H,1-2,4-6H2. The smallest absolute Gasteiger partial charge is 0.0987 e. The first kappa shape index (κ1) is 6.23. The Morgan fingerprint density at radius 1 is 1.60 bits per heavy atom. The maximum absolute atomic E-state index is 5.52. The lowest BCUT2D eigenvalue weighted by atomic mass is 10.0. The van der Waals surface area contributed by atoms with Crippen LogP contribution < -0.4 is 5.32 Å². The van der Waals surface area contributed by atoms with E-state index in [9.17, 15) is 0 Å². The lowest BCUT2D eigenvalue weighted by Gasteiger charge is -2.28. The molecule has 0 aromatic carbocycles. The van der Waals surface area contributed by atoms with Crippen molar-refractivity contribution in [2.45, 2.75) is 25.4 Å². The van der Waals surface area contributed by atoms with Gasteiger partial charge in [0.25, 0.3) is 0 Å². The van der Waals surface area contributed by atoms with E-state index in [1.807, 2.05) is 0 Å². The van der Waals surface area contributed by atoms with Crippen molar-refractivity contribution in [1.29, 1.82) is 0 Å². The molecule has 0 N–H and O–H groups in total. The second-order valence-electron chi connectivity index (χ2n) is 2.80. The molecule has 1 radical (unpaired) electrons. The minimum atomic E-state index is 0.350. The number of ether oxygens (including phenoxy) is 1. The summed E-state index contributed by atoms with van der Waals surface area (Å²) in [6.07, 6.45) is 6.20. The highest BCUT2D eigenvalue weighted by Gasteiger charge is 2.21. The van der Waals surface area contributed by atoms with Crippen molar-refractivity contribution < 1.29 is 4.74 Å². The summed E-state index contributed by atoms with van der Waals surface area (Å²) < 4.78 is 5.52. The van der Waals surface area contributed by atoms with E-state index >= 15 is 0 Å². The van der Waals surface area contributed by atoms with Gasteiger partial charge in [0.2, 0.25) is 0 Å². The summed E-state index contributed by atoms with van der Waals surface area (Å²) in [5.41, 5.74) is 1.21. The van der Waals surface area contributed by atoms with Gasteiger partial charge in [0.05, 0.1) is 25.0 Å². The van der Waals surface area contributed by atoms with Crippen LogP contribution in [-0.4, -0.2) is 19.3 Å². The summed E-state index contributed by atoms with van der Waals surface area (Å²) in [6.45, 7) is 1.68. The number of rotatable bonds is 0. The molecule has 2 nitrogen and oxygen atoms in total. The fraction of sp³-hybridized carbons (Fsp3) is 0.750. The third-order valence-electron chi connectivity index (χ3n) is 2.06. The van der Waals surface area contributed by atoms with Gasteiger partial charge in [-0.05, 0) is 19.3 Å². The molecule has 1 heterocycles. The van der Waals surface area contributed by atoms with Gasteiger partial charge in [-0.1, -0.05) is 6.08 Å². The zero-order valence-electron chi connectivity index (χ0n) is 6.05. The summed E-state index contributed by atoms with van der Waals surface area (Å²) in [6, 6.07) is 0. The molecule has 0 saturated carbocycles. The fourth-order valence-corrected chi connectivity index (χ4v) is 1.54. The van der Waals surface area contributed by atoms with Crippen molar-refractivity contribution in [3.8, 4) is 0 Å². The molecule has 1 unspecified atom stereocenters. The van der Waals surface area contributed by atoms with E-state index in [4.69, 9.17) is 4.74 Å². The molecule has 1 aliphatic heterocycles. The van der Waals surface area contributed by atoms with Gasteiger partial charge in [-0.3, -0.25) is 5.32 Å². The molecule has 1 atom stereocenters. The molecule has 1 fully saturated rings. The Kier molecular flexibility index (Phi) is 1.63. The summed E-state index contributed by atoms with van der Waals surface area (Å²) in [7, 11) is 0. The Morgan fingerprint density at radius 2 is 2.60 bits per heavy atom. The zero-order chi connectivity index (χ0) is 6.81. The molecule has 0 amide bonds. The van der Waals surface area contributed by atoms with Gasteiger partial charge < -0.3 is 4.74 Å². The van der Waals surface area contributed by atoms with Gasteiger partial charge >= 0.3 is 0 Å². The molecule has 2 rings (SSSR count). The normalized spacial score (nSPS) is 32.0. The Labute approximate surface area is 61.3 Å². The number of morpholine rings is 1. The highest BCUT2D eigenvalue weighted by atomic mass is 16.5. The van der Waals surface area contributed by atoms with Crippen molar-refractivity contribution in [2.75, 3.05) is 13.2 Å². The van der Waals surface area contributed by atoms with E-state index in [1.54, 1.807) is 0 Å². The summed E-state index contributed by atoms with van der Waals surface area (Å²) in [4.78, 5) is 0. The van der Waals surface area contributed by atoms with Crippen molar-refractivity contribution >= 4 is 0 Å². The molecule has 10 heavy (non-hydrogen) atoms. The third kappa shape index (κ3) is 1.03. The van der Waals surface area contributed by atoms with E-state index in [-0.39, 0.29) is 0 Å². The predicted octanol–water partition coefficient (Wildman–Crippen LogP) is 1.06. The molecular formula is C8H12NO. The number of fused-ring (bicyclic) bond motifs is 1. The largest absolute Gasteiger partial charge is 0.370 e. The highest BCUT2D eigenvalue weighted by molar-refractivity contribution is 5.10. The van der Waals surface area contributed by atoms with Crippen LogP contribution in [0, 0.1) is 0 Å². The molecule has 0 bridgehead atoms. The first-order valence-corrected chi connectivity index (χ1v) is 3.96. The SMILES string of the molecule is C1=C2[N]CCOC2CCC1. The second kappa shape index (κ2) is 2.62. The van der Waals surface area contributed by atoms with Crippen molar-refractivity contribution in [3.05, 3.63) is 11.8 Å². The van der Waals surface area contributed by atoms with Crippen LogP contribution in [0.25, 0.3) is 0 Å². The molecule has 1 saturated heterocycles. The van der Waals surface area contributed by atoms with Crippen LogP contribution in [0.5, 0.6) is 0 Å². The van der Waals surface area contributed by atoms with Crippen LogP contribution in [0.1, 0.15) is 19.3 Å². The Morgan fingerprint density at radius 3 is 3.50 bits per heavy atom. The Bertz CT molecular complexity index is 153.